The number of ether oxygens (including phenoxy) is 1. The molecule has 1 atom stereocenters. The van der Waals surface area contributed by atoms with Gasteiger partial charge >= 0.3 is 5.97 Å². The Balaban J connectivity index is 2.31. The molecule has 0 aromatic heterocycles. The molecular formula is C21H31NO5. The first-order valence-electron chi connectivity index (χ1n) is 9.39. The summed E-state index contributed by atoms with van der Waals surface area (Å²) in [6.07, 6.45) is 3.93. The molecule has 6 heteroatoms. The maximum absolute atomic E-state index is 12.3. The van der Waals surface area contributed by atoms with Gasteiger partial charge in [-0.05, 0) is 52.7 Å². The van der Waals surface area contributed by atoms with E-state index in [0.717, 1.165) is 31.2 Å². The van der Waals surface area contributed by atoms with Crippen LogP contribution in [0.15, 0.2) is 24.3 Å². The van der Waals surface area contributed by atoms with Gasteiger partial charge in [0.1, 0.15) is 0 Å². The molecule has 0 saturated heterocycles. The van der Waals surface area contributed by atoms with Gasteiger partial charge in [0.15, 0.2) is 11.4 Å². The molecule has 0 aliphatic rings. The van der Waals surface area contributed by atoms with Crippen LogP contribution in [0.1, 0.15) is 68.8 Å². The Kier molecular flexibility index (Phi) is 9.15. The maximum Gasteiger partial charge on any atom is 0.335 e. The van der Waals surface area contributed by atoms with Crippen molar-refractivity contribution in [3.63, 3.8) is 0 Å². The van der Waals surface area contributed by atoms with E-state index in [0.29, 0.717) is 18.6 Å². The van der Waals surface area contributed by atoms with Crippen LogP contribution in [-0.2, 0) is 14.3 Å². The van der Waals surface area contributed by atoms with E-state index in [1.54, 1.807) is 12.1 Å². The first-order chi connectivity index (χ1) is 12.6. The highest BCUT2D eigenvalue weighted by molar-refractivity contribution is 5.97. The van der Waals surface area contributed by atoms with Gasteiger partial charge < -0.3 is 15.2 Å². The third-order valence-electron chi connectivity index (χ3n) is 4.47. The molecule has 6 nitrogen and oxygen atoms in total. The molecule has 0 spiro atoms. The van der Waals surface area contributed by atoms with E-state index in [1.165, 1.54) is 20.8 Å². The number of aryl methyl sites for hydroxylation is 1. The number of hydrogen-bond donors (Lipinski definition) is 2. The highest BCUT2D eigenvalue weighted by Gasteiger charge is 2.27. The van der Waals surface area contributed by atoms with Crippen LogP contribution < -0.4 is 5.32 Å². The molecular weight excluding hydrogens is 346 g/mol. The third kappa shape index (κ3) is 8.35. The van der Waals surface area contributed by atoms with Crippen LogP contribution in [-0.4, -0.2) is 41.0 Å². The van der Waals surface area contributed by atoms with Crippen molar-refractivity contribution in [2.45, 2.75) is 71.4 Å². The minimum absolute atomic E-state index is 0.0537. The molecule has 1 aromatic carbocycles. The SMILES string of the molecule is CC(=O)C(CCCCCCOC(C)(C)C(=O)O)NC(=O)c1ccc(C)cc1. The number of amides is 1. The van der Waals surface area contributed by atoms with E-state index in [-0.39, 0.29) is 11.7 Å². The Bertz CT molecular complexity index is 636. The fourth-order valence-electron chi connectivity index (χ4n) is 2.52. The molecule has 0 aliphatic heterocycles. The summed E-state index contributed by atoms with van der Waals surface area (Å²) in [5, 5.41) is 11.8. The topological polar surface area (TPSA) is 92.7 Å². The number of carboxylic acid groups (broad SMARTS) is 1. The molecule has 0 heterocycles. The van der Waals surface area contributed by atoms with Crippen molar-refractivity contribution in [2.75, 3.05) is 6.61 Å². The molecule has 0 fully saturated rings. The lowest BCUT2D eigenvalue weighted by atomic mass is 10.0. The molecule has 150 valence electrons. The number of carbonyl (C=O) groups excluding carboxylic acids is 2. The third-order valence-corrected chi connectivity index (χ3v) is 4.47. The number of Topliss-reactive ketones (excluding diaryl/α,β-unsaturated/α-hetero) is 1. The number of aliphatic carboxylic acids is 1. The summed E-state index contributed by atoms with van der Waals surface area (Å²) in [6.45, 7) is 6.89. The summed E-state index contributed by atoms with van der Waals surface area (Å²) >= 11 is 0. The number of nitrogens with one attached hydrogen (secondary N) is 1. The quantitative estimate of drug-likeness (QED) is 0.544. The van der Waals surface area contributed by atoms with Crippen molar-refractivity contribution in [1.29, 1.82) is 0 Å². The predicted molar refractivity (Wildman–Crippen MR) is 104 cm³/mol. The van der Waals surface area contributed by atoms with Gasteiger partial charge in [-0.1, -0.05) is 37.0 Å². The lowest BCUT2D eigenvalue weighted by Crippen LogP contribution is -2.39. The fourth-order valence-corrected chi connectivity index (χ4v) is 2.52. The van der Waals surface area contributed by atoms with Gasteiger partial charge in [-0.15, -0.1) is 0 Å². The molecule has 1 amide bonds. The van der Waals surface area contributed by atoms with Gasteiger partial charge in [0.05, 0.1) is 6.04 Å². The van der Waals surface area contributed by atoms with Gasteiger partial charge in [-0.25, -0.2) is 4.79 Å². The Labute approximate surface area is 161 Å². The van der Waals surface area contributed by atoms with Crippen LogP contribution in [0.4, 0.5) is 0 Å². The van der Waals surface area contributed by atoms with Crippen molar-refractivity contribution in [3.8, 4) is 0 Å². The van der Waals surface area contributed by atoms with E-state index in [1.807, 2.05) is 19.1 Å². The molecule has 0 bridgehead atoms. The Morgan fingerprint density at radius 3 is 2.22 bits per heavy atom. The van der Waals surface area contributed by atoms with Gasteiger partial charge in [-0.3, -0.25) is 9.59 Å². The fraction of sp³-hybridized carbons (Fsp3) is 0.571. The van der Waals surface area contributed by atoms with Crippen LogP contribution in [0.25, 0.3) is 0 Å². The standard InChI is InChI=1S/C21H31NO5/c1-15-10-12-17(13-11-15)19(24)22-18(16(2)23)9-7-5-6-8-14-27-21(3,4)20(25)26/h10-13,18H,5-9,14H2,1-4H3,(H,22,24)(H,25,26). The second kappa shape index (κ2) is 10.8. The van der Waals surface area contributed by atoms with Crippen molar-refractivity contribution < 1.29 is 24.2 Å². The Morgan fingerprint density at radius 2 is 1.67 bits per heavy atom. The number of carbonyl (C=O) groups is 3. The Morgan fingerprint density at radius 1 is 1.07 bits per heavy atom. The number of hydrogen-bond acceptors (Lipinski definition) is 4. The van der Waals surface area contributed by atoms with Gasteiger partial charge in [0.2, 0.25) is 0 Å². The van der Waals surface area contributed by atoms with Crippen LogP contribution in [0, 0.1) is 6.92 Å². The molecule has 2 N–H and O–H groups in total. The van der Waals surface area contributed by atoms with Gasteiger partial charge in [-0.2, -0.15) is 0 Å². The Hall–Kier alpha value is -2.21. The molecule has 1 rings (SSSR count). The summed E-state index contributed by atoms with van der Waals surface area (Å²) in [4.78, 5) is 35.0. The van der Waals surface area contributed by atoms with Crippen molar-refractivity contribution in [3.05, 3.63) is 35.4 Å². The zero-order valence-corrected chi connectivity index (χ0v) is 16.7. The van der Waals surface area contributed by atoms with Crippen LogP contribution in [0.2, 0.25) is 0 Å². The second-order valence-electron chi connectivity index (χ2n) is 7.37. The van der Waals surface area contributed by atoms with E-state index >= 15 is 0 Å². The molecule has 1 aromatic rings. The van der Waals surface area contributed by atoms with E-state index in [2.05, 4.69) is 5.32 Å². The van der Waals surface area contributed by atoms with Gasteiger partial charge in [0, 0.05) is 12.2 Å². The zero-order chi connectivity index (χ0) is 20.4. The molecule has 0 saturated carbocycles. The molecule has 27 heavy (non-hydrogen) atoms. The van der Waals surface area contributed by atoms with Gasteiger partial charge in [0.25, 0.3) is 5.91 Å². The minimum atomic E-state index is -1.17. The van der Waals surface area contributed by atoms with Crippen LogP contribution in [0.3, 0.4) is 0 Å². The summed E-state index contributed by atoms with van der Waals surface area (Å²) in [6, 6.07) is 6.75. The predicted octanol–water partition coefficient (Wildman–Crippen LogP) is 3.51. The van der Waals surface area contributed by atoms with E-state index in [9.17, 15) is 14.4 Å². The monoisotopic (exact) mass is 377 g/mol. The van der Waals surface area contributed by atoms with Crippen molar-refractivity contribution in [1.82, 2.24) is 5.32 Å². The normalized spacial score (nSPS) is 12.4. The highest BCUT2D eigenvalue weighted by Crippen LogP contribution is 2.12. The summed E-state index contributed by atoms with van der Waals surface area (Å²) in [5.41, 5.74) is 0.454. The smallest absolute Gasteiger partial charge is 0.335 e. The molecule has 1 unspecified atom stereocenters. The number of ketones is 1. The summed E-state index contributed by atoms with van der Waals surface area (Å²) < 4.78 is 5.36. The summed E-state index contributed by atoms with van der Waals surface area (Å²) in [5.74, 6) is -1.27. The summed E-state index contributed by atoms with van der Waals surface area (Å²) in [7, 11) is 0. The lowest BCUT2D eigenvalue weighted by Gasteiger charge is -2.20. The maximum atomic E-state index is 12.3. The number of benzene rings is 1. The average molecular weight is 377 g/mol. The number of unbranched alkanes of at least 4 members (excludes halogenated alkanes) is 3. The van der Waals surface area contributed by atoms with Crippen LogP contribution in [0.5, 0.6) is 0 Å². The minimum Gasteiger partial charge on any atom is -0.479 e. The molecule has 0 aliphatic carbocycles. The van der Waals surface area contributed by atoms with Crippen LogP contribution >= 0.6 is 0 Å². The number of rotatable bonds is 12. The van der Waals surface area contributed by atoms with E-state index in [4.69, 9.17) is 9.84 Å². The second-order valence-corrected chi connectivity index (χ2v) is 7.37. The highest BCUT2D eigenvalue weighted by atomic mass is 16.5. The average Bonchev–Trinajstić information content (AvgIpc) is 2.59. The number of carboxylic acids is 1. The first-order valence-corrected chi connectivity index (χ1v) is 9.39. The van der Waals surface area contributed by atoms with E-state index < -0.39 is 17.6 Å². The largest absolute Gasteiger partial charge is 0.479 e. The van der Waals surface area contributed by atoms with Crippen molar-refractivity contribution in [2.24, 2.45) is 0 Å². The first kappa shape index (κ1) is 22.8. The lowest BCUT2D eigenvalue weighted by molar-refractivity contribution is -0.161. The molecule has 0 radical (unpaired) electrons. The van der Waals surface area contributed by atoms with Crippen molar-refractivity contribution >= 4 is 17.7 Å². The zero-order valence-electron chi connectivity index (χ0n) is 16.7.